The first kappa shape index (κ1) is 27.1. The molecule has 2 aromatic carbocycles. The van der Waals surface area contributed by atoms with E-state index in [-0.39, 0.29) is 16.8 Å². The summed E-state index contributed by atoms with van der Waals surface area (Å²) >= 11 is 17.0. The van der Waals surface area contributed by atoms with Crippen LogP contribution in [-0.2, 0) is 9.59 Å². The van der Waals surface area contributed by atoms with Gasteiger partial charge in [-0.05, 0) is 81.6 Å². The molecule has 1 aliphatic rings. The second-order valence-corrected chi connectivity index (χ2v) is 11.2. The number of hydrogen-bond acceptors (Lipinski definition) is 8. The van der Waals surface area contributed by atoms with Crippen LogP contribution in [0.5, 0.6) is 11.5 Å². The Morgan fingerprint density at radius 1 is 1.19 bits per heavy atom. The smallest absolute Gasteiger partial charge is 0.285 e. The highest BCUT2D eigenvalue weighted by Gasteiger charge is 2.34. The van der Waals surface area contributed by atoms with Crippen molar-refractivity contribution in [1.82, 2.24) is 10.4 Å². The Labute approximate surface area is 239 Å². The van der Waals surface area contributed by atoms with Gasteiger partial charge in [-0.15, -0.1) is 11.3 Å². The highest BCUT2D eigenvalue weighted by molar-refractivity contribution is 9.10. The van der Waals surface area contributed by atoms with E-state index >= 15 is 0 Å². The summed E-state index contributed by atoms with van der Waals surface area (Å²) in [5, 5.41) is 6.00. The Morgan fingerprint density at radius 2 is 2.00 bits per heavy atom. The van der Waals surface area contributed by atoms with Crippen molar-refractivity contribution in [2.75, 3.05) is 19.0 Å². The molecule has 0 aliphatic carbocycles. The topological polar surface area (TPSA) is 97.0 Å². The number of nitrogens with one attached hydrogen (secondary N) is 2. The molecule has 0 saturated carbocycles. The summed E-state index contributed by atoms with van der Waals surface area (Å²) in [6.07, 6.45) is 1.63. The van der Waals surface area contributed by atoms with Gasteiger partial charge in [0.2, 0.25) is 0 Å². The summed E-state index contributed by atoms with van der Waals surface area (Å²) < 4.78 is 12.0. The maximum absolute atomic E-state index is 12.8. The molecule has 190 valence electrons. The lowest BCUT2D eigenvalue weighted by Gasteiger charge is -2.14. The molecule has 0 radical (unpaired) electrons. The van der Waals surface area contributed by atoms with E-state index in [4.69, 9.17) is 33.3 Å². The zero-order chi connectivity index (χ0) is 26.5. The number of nitrogens with zero attached hydrogens (tertiary/aromatic N) is 1. The first-order chi connectivity index (χ1) is 17.7. The highest BCUT2D eigenvalue weighted by Crippen LogP contribution is 2.34. The van der Waals surface area contributed by atoms with E-state index < -0.39 is 11.8 Å². The lowest BCUT2D eigenvalue weighted by molar-refractivity contribution is -0.123. The Balaban J connectivity index is 1.40. The van der Waals surface area contributed by atoms with Gasteiger partial charge in [0.05, 0.1) is 21.9 Å². The Kier molecular flexibility index (Phi) is 8.87. The molecule has 1 saturated heterocycles. The van der Waals surface area contributed by atoms with Crippen molar-refractivity contribution in [2.24, 2.45) is 0 Å². The van der Waals surface area contributed by atoms with Crippen LogP contribution in [0.1, 0.15) is 15.2 Å². The Hall–Kier alpha value is -2.90. The fraction of sp³-hybridized carbons (Fsp3) is 0.0833. The van der Waals surface area contributed by atoms with Gasteiger partial charge < -0.3 is 14.8 Å². The monoisotopic (exact) mass is 637 g/mol. The SMILES string of the molecule is COc1cc(/C=C2/SC(=S)N(NC(=O)c3cccs3)C2=O)ccc1OCC(=O)Nc1ccc(Br)c(Cl)c1. The van der Waals surface area contributed by atoms with Crippen molar-refractivity contribution < 1.29 is 23.9 Å². The number of carbonyl (C=O) groups is 3. The van der Waals surface area contributed by atoms with E-state index in [2.05, 4.69) is 26.7 Å². The highest BCUT2D eigenvalue weighted by atomic mass is 79.9. The van der Waals surface area contributed by atoms with Crippen LogP contribution in [0.2, 0.25) is 5.02 Å². The predicted octanol–water partition coefficient (Wildman–Crippen LogP) is 5.74. The predicted molar refractivity (Wildman–Crippen MR) is 153 cm³/mol. The third kappa shape index (κ3) is 6.70. The molecule has 8 nitrogen and oxygen atoms in total. The molecule has 1 aliphatic heterocycles. The number of thioether (sulfide) groups is 1. The minimum atomic E-state index is -0.441. The van der Waals surface area contributed by atoms with Crippen molar-refractivity contribution in [3.8, 4) is 11.5 Å². The molecule has 0 bridgehead atoms. The van der Waals surface area contributed by atoms with Crippen LogP contribution in [0.25, 0.3) is 6.08 Å². The van der Waals surface area contributed by atoms with Crippen molar-refractivity contribution in [3.05, 3.63) is 78.8 Å². The molecular weight excluding hydrogens is 622 g/mol. The van der Waals surface area contributed by atoms with Gasteiger partial charge in [0.15, 0.2) is 22.4 Å². The van der Waals surface area contributed by atoms with Crippen molar-refractivity contribution in [2.45, 2.75) is 0 Å². The summed E-state index contributed by atoms with van der Waals surface area (Å²) in [5.41, 5.74) is 3.72. The van der Waals surface area contributed by atoms with Crippen molar-refractivity contribution in [1.29, 1.82) is 0 Å². The standard InChI is InChI=1S/C24H17BrClN3O5S3/c1-33-18-9-13(4-7-17(18)34-12-21(30)27-14-5-6-15(25)16(26)11-14)10-20-23(32)29(24(35)37-20)28-22(31)19-3-2-8-36-19/h2-11H,12H2,1H3,(H,27,30)(H,28,31)/b20-10+. The number of halogens is 2. The first-order valence-corrected chi connectivity index (χ1v) is 13.7. The lowest BCUT2D eigenvalue weighted by atomic mass is 10.2. The summed E-state index contributed by atoms with van der Waals surface area (Å²) in [5.74, 6) is -0.515. The molecule has 3 amide bonds. The zero-order valence-corrected chi connectivity index (χ0v) is 23.7. The molecular formula is C24H17BrClN3O5S3. The van der Waals surface area contributed by atoms with Gasteiger partial charge in [0, 0.05) is 10.2 Å². The van der Waals surface area contributed by atoms with Crippen molar-refractivity contribution in [3.63, 3.8) is 0 Å². The molecule has 0 atom stereocenters. The number of hydrogen-bond donors (Lipinski definition) is 2. The number of carbonyl (C=O) groups excluding carboxylic acids is 3. The number of rotatable bonds is 8. The van der Waals surface area contributed by atoms with Crippen LogP contribution in [0.3, 0.4) is 0 Å². The number of amides is 3. The number of thiocarbonyl (C=S) groups is 1. The van der Waals surface area contributed by atoms with Crippen LogP contribution >= 0.6 is 62.8 Å². The number of ether oxygens (including phenoxy) is 2. The second-order valence-electron chi connectivity index (χ2n) is 7.31. The van der Waals surface area contributed by atoms with E-state index in [1.807, 2.05) is 0 Å². The number of hydrazine groups is 1. The largest absolute Gasteiger partial charge is 0.493 e. The Morgan fingerprint density at radius 3 is 2.70 bits per heavy atom. The molecule has 13 heteroatoms. The van der Waals surface area contributed by atoms with Crippen LogP contribution in [0, 0.1) is 0 Å². The number of thiophene rings is 1. The molecule has 0 spiro atoms. The van der Waals surface area contributed by atoms with Gasteiger partial charge in [0.25, 0.3) is 17.7 Å². The molecule has 0 unspecified atom stereocenters. The zero-order valence-electron chi connectivity index (χ0n) is 18.9. The van der Waals surface area contributed by atoms with Gasteiger partial charge in [-0.2, -0.15) is 5.01 Å². The fourth-order valence-corrected chi connectivity index (χ4v) is 5.31. The molecule has 37 heavy (non-hydrogen) atoms. The van der Waals surface area contributed by atoms with Crippen LogP contribution in [-0.4, -0.2) is 40.8 Å². The van der Waals surface area contributed by atoms with E-state index in [1.165, 1.54) is 18.4 Å². The van der Waals surface area contributed by atoms with Gasteiger partial charge >= 0.3 is 0 Å². The number of anilines is 1. The maximum atomic E-state index is 12.8. The first-order valence-electron chi connectivity index (χ1n) is 10.4. The number of methoxy groups -OCH3 is 1. The summed E-state index contributed by atoms with van der Waals surface area (Å²) in [7, 11) is 1.47. The van der Waals surface area contributed by atoms with E-state index in [1.54, 1.807) is 60.0 Å². The minimum Gasteiger partial charge on any atom is -0.493 e. The van der Waals surface area contributed by atoms with E-state index in [0.29, 0.717) is 37.6 Å². The van der Waals surface area contributed by atoms with Gasteiger partial charge in [-0.25, -0.2) is 0 Å². The molecule has 3 aromatic rings. The van der Waals surface area contributed by atoms with Crippen LogP contribution in [0.15, 0.2) is 63.3 Å². The van der Waals surface area contributed by atoms with Gasteiger partial charge in [-0.3, -0.25) is 19.8 Å². The summed E-state index contributed by atoms with van der Waals surface area (Å²) in [6, 6.07) is 13.5. The quantitative estimate of drug-likeness (QED) is 0.240. The molecule has 2 heterocycles. The van der Waals surface area contributed by atoms with E-state index in [0.717, 1.165) is 21.2 Å². The molecule has 2 N–H and O–H groups in total. The average Bonchev–Trinajstić information content (AvgIpc) is 3.50. The third-order valence-corrected chi connectivity index (χ3v) is 8.20. The average molecular weight is 639 g/mol. The summed E-state index contributed by atoms with van der Waals surface area (Å²) in [4.78, 5) is 38.3. The Bertz CT molecular complexity index is 1410. The molecule has 4 rings (SSSR count). The van der Waals surface area contributed by atoms with Crippen LogP contribution in [0.4, 0.5) is 5.69 Å². The second kappa shape index (κ2) is 12.1. The third-order valence-electron chi connectivity index (χ3n) is 4.80. The fourth-order valence-electron chi connectivity index (χ4n) is 3.09. The molecule has 1 fully saturated rings. The normalized spacial score (nSPS) is 14.1. The lowest BCUT2D eigenvalue weighted by Crippen LogP contribution is -2.44. The number of benzene rings is 2. The van der Waals surface area contributed by atoms with E-state index in [9.17, 15) is 14.4 Å². The summed E-state index contributed by atoms with van der Waals surface area (Å²) in [6.45, 7) is -0.258. The van der Waals surface area contributed by atoms with Gasteiger partial charge in [-0.1, -0.05) is 35.5 Å². The maximum Gasteiger partial charge on any atom is 0.285 e. The van der Waals surface area contributed by atoms with Gasteiger partial charge in [0.1, 0.15) is 0 Å². The van der Waals surface area contributed by atoms with Crippen LogP contribution < -0.4 is 20.2 Å². The minimum absolute atomic E-state index is 0.214. The van der Waals surface area contributed by atoms with Crippen molar-refractivity contribution >= 4 is 96.7 Å². The molecule has 1 aromatic heterocycles.